The Morgan fingerprint density at radius 1 is 1.33 bits per heavy atom. The van der Waals surface area contributed by atoms with Crippen molar-refractivity contribution in [2.75, 3.05) is 0 Å². The number of aromatic nitrogens is 2. The van der Waals surface area contributed by atoms with Crippen molar-refractivity contribution in [2.45, 2.75) is 13.3 Å². The zero-order valence-corrected chi connectivity index (χ0v) is 10.3. The molecule has 5 heteroatoms. The molecule has 0 aliphatic rings. The summed E-state index contributed by atoms with van der Waals surface area (Å²) in [6.07, 6.45) is 2.26. The molecule has 2 aromatic rings. The number of hydrogen-bond acceptors (Lipinski definition) is 3. The minimum atomic E-state index is 0.504. The summed E-state index contributed by atoms with van der Waals surface area (Å²) in [5.41, 5.74) is 2.71. The van der Waals surface area contributed by atoms with E-state index in [1.807, 2.05) is 18.4 Å². The van der Waals surface area contributed by atoms with Gasteiger partial charge in [0, 0.05) is 11.1 Å². The molecule has 0 unspecified atom stereocenters. The van der Waals surface area contributed by atoms with Crippen LogP contribution in [0.5, 0.6) is 0 Å². The van der Waals surface area contributed by atoms with E-state index in [2.05, 4.69) is 9.97 Å². The minimum absolute atomic E-state index is 0.504. The van der Waals surface area contributed by atoms with Crippen molar-refractivity contribution < 1.29 is 0 Å². The third kappa shape index (κ3) is 2.00. The topological polar surface area (TPSA) is 25.8 Å². The summed E-state index contributed by atoms with van der Waals surface area (Å²) in [6, 6.07) is 1.95. The van der Waals surface area contributed by atoms with Crippen LogP contribution in [0.1, 0.15) is 12.5 Å². The quantitative estimate of drug-likeness (QED) is 0.759. The first kappa shape index (κ1) is 10.9. The van der Waals surface area contributed by atoms with E-state index < -0.39 is 0 Å². The van der Waals surface area contributed by atoms with Gasteiger partial charge in [-0.05, 0) is 17.9 Å². The predicted octanol–water partition coefficient (Wildman–Crippen LogP) is 4.07. The Morgan fingerprint density at radius 3 is 2.73 bits per heavy atom. The van der Waals surface area contributed by atoms with Gasteiger partial charge < -0.3 is 0 Å². The highest BCUT2D eigenvalue weighted by molar-refractivity contribution is 7.15. The first-order chi connectivity index (χ1) is 7.24. The molecule has 2 aromatic heterocycles. The molecule has 0 bridgehead atoms. The predicted molar refractivity (Wildman–Crippen MR) is 64.7 cm³/mol. The van der Waals surface area contributed by atoms with Crippen LogP contribution in [0.25, 0.3) is 11.3 Å². The minimum Gasteiger partial charge on any atom is -0.236 e. The van der Waals surface area contributed by atoms with Gasteiger partial charge in [-0.3, -0.25) is 0 Å². The van der Waals surface area contributed by atoms with Gasteiger partial charge in [-0.1, -0.05) is 30.1 Å². The first-order valence-electron chi connectivity index (χ1n) is 4.46. The Balaban J connectivity index is 2.63. The van der Waals surface area contributed by atoms with Gasteiger partial charge in [0.2, 0.25) is 0 Å². The van der Waals surface area contributed by atoms with E-state index in [1.165, 1.54) is 17.7 Å². The van der Waals surface area contributed by atoms with Gasteiger partial charge >= 0.3 is 0 Å². The number of nitrogens with zero attached hydrogens (tertiary/aromatic N) is 2. The molecule has 0 atom stereocenters. The van der Waals surface area contributed by atoms with Gasteiger partial charge in [0.1, 0.15) is 15.8 Å². The Kier molecular flexibility index (Phi) is 3.24. The van der Waals surface area contributed by atoms with Crippen LogP contribution in [-0.4, -0.2) is 9.97 Å². The number of thiophene rings is 1. The fourth-order valence-corrected chi connectivity index (χ4v) is 2.59. The van der Waals surface area contributed by atoms with Crippen LogP contribution in [0.4, 0.5) is 0 Å². The van der Waals surface area contributed by atoms with Crippen LogP contribution in [-0.2, 0) is 6.42 Å². The molecule has 15 heavy (non-hydrogen) atoms. The lowest BCUT2D eigenvalue weighted by atomic mass is 10.1. The lowest BCUT2D eigenvalue weighted by Crippen LogP contribution is -1.94. The fraction of sp³-hybridized carbons (Fsp3) is 0.200. The second kappa shape index (κ2) is 4.47. The lowest BCUT2D eigenvalue weighted by Gasteiger charge is -2.06. The van der Waals surface area contributed by atoms with Gasteiger partial charge in [-0.25, -0.2) is 9.97 Å². The molecule has 2 rings (SSSR count). The maximum Gasteiger partial charge on any atom is 0.136 e. The van der Waals surface area contributed by atoms with Gasteiger partial charge in [-0.2, -0.15) is 0 Å². The lowest BCUT2D eigenvalue weighted by molar-refractivity contribution is 1.05. The van der Waals surface area contributed by atoms with E-state index in [1.54, 1.807) is 0 Å². The van der Waals surface area contributed by atoms with Gasteiger partial charge in [0.05, 0.1) is 5.69 Å². The van der Waals surface area contributed by atoms with Crippen molar-refractivity contribution in [1.29, 1.82) is 0 Å². The largest absolute Gasteiger partial charge is 0.236 e. The third-order valence-electron chi connectivity index (χ3n) is 2.12. The van der Waals surface area contributed by atoms with Crippen LogP contribution >= 0.6 is 34.5 Å². The standard InChI is InChI=1S/C10H8Cl2N2S/c1-2-6-8(13-5-14-9(6)11)7-3-4-15-10(7)12/h3-5H,2H2,1H3. The van der Waals surface area contributed by atoms with Gasteiger partial charge in [0.25, 0.3) is 0 Å². The zero-order valence-electron chi connectivity index (χ0n) is 8.00. The Morgan fingerprint density at radius 2 is 2.13 bits per heavy atom. The summed E-state index contributed by atoms with van der Waals surface area (Å²) < 4.78 is 0.736. The zero-order chi connectivity index (χ0) is 10.8. The van der Waals surface area contributed by atoms with Crippen molar-refractivity contribution in [1.82, 2.24) is 9.97 Å². The normalized spacial score (nSPS) is 10.6. The van der Waals surface area contributed by atoms with Crippen molar-refractivity contribution in [3.8, 4) is 11.3 Å². The van der Waals surface area contributed by atoms with Gasteiger partial charge in [0.15, 0.2) is 0 Å². The highest BCUT2D eigenvalue weighted by Gasteiger charge is 2.13. The summed E-state index contributed by atoms with van der Waals surface area (Å²) in [6.45, 7) is 2.02. The highest BCUT2D eigenvalue weighted by atomic mass is 35.5. The molecule has 0 aliphatic carbocycles. The second-order valence-corrected chi connectivity index (χ2v) is 4.83. The number of halogens is 2. The molecule has 78 valence electrons. The van der Waals surface area contributed by atoms with E-state index in [4.69, 9.17) is 23.2 Å². The van der Waals surface area contributed by atoms with Crippen LogP contribution in [0.2, 0.25) is 9.49 Å². The molecule has 2 heterocycles. The molecular weight excluding hydrogens is 251 g/mol. The second-order valence-electron chi connectivity index (χ2n) is 2.95. The van der Waals surface area contributed by atoms with E-state index in [-0.39, 0.29) is 0 Å². The molecule has 0 aromatic carbocycles. The maximum absolute atomic E-state index is 6.07. The SMILES string of the molecule is CCc1c(Cl)ncnc1-c1ccsc1Cl. The smallest absolute Gasteiger partial charge is 0.136 e. The van der Waals surface area contributed by atoms with Crippen LogP contribution in [0.15, 0.2) is 17.8 Å². The molecule has 0 saturated carbocycles. The van der Waals surface area contributed by atoms with E-state index >= 15 is 0 Å². The molecule has 0 fully saturated rings. The van der Waals surface area contributed by atoms with Crippen molar-refractivity contribution in [3.63, 3.8) is 0 Å². The average molecular weight is 259 g/mol. The summed E-state index contributed by atoms with van der Waals surface area (Å²) in [7, 11) is 0. The maximum atomic E-state index is 6.07. The Labute approximate surface area is 102 Å². The van der Waals surface area contributed by atoms with Crippen molar-refractivity contribution >= 4 is 34.5 Å². The molecule has 0 amide bonds. The van der Waals surface area contributed by atoms with Crippen LogP contribution in [0, 0.1) is 0 Å². The molecule has 0 saturated heterocycles. The average Bonchev–Trinajstić information content (AvgIpc) is 2.64. The monoisotopic (exact) mass is 258 g/mol. The Bertz CT molecular complexity index is 482. The molecule has 2 nitrogen and oxygen atoms in total. The summed E-state index contributed by atoms with van der Waals surface area (Å²) in [5.74, 6) is 0. The van der Waals surface area contributed by atoms with Crippen molar-refractivity contribution in [2.24, 2.45) is 0 Å². The summed E-state index contributed by atoms with van der Waals surface area (Å²) >= 11 is 13.6. The third-order valence-corrected chi connectivity index (χ3v) is 3.62. The van der Waals surface area contributed by atoms with E-state index in [0.717, 1.165) is 27.6 Å². The summed E-state index contributed by atoms with van der Waals surface area (Å²) in [5, 5.41) is 2.44. The van der Waals surface area contributed by atoms with Crippen LogP contribution in [0.3, 0.4) is 0 Å². The van der Waals surface area contributed by atoms with Crippen LogP contribution < -0.4 is 0 Å². The molecule has 0 radical (unpaired) electrons. The molecule has 0 N–H and O–H groups in total. The molecule has 0 spiro atoms. The fourth-order valence-electron chi connectivity index (χ4n) is 1.40. The molecular formula is C10H8Cl2N2S. The van der Waals surface area contributed by atoms with Crippen molar-refractivity contribution in [3.05, 3.63) is 32.8 Å². The highest BCUT2D eigenvalue weighted by Crippen LogP contribution is 2.34. The first-order valence-corrected chi connectivity index (χ1v) is 6.10. The molecule has 0 aliphatic heterocycles. The van der Waals surface area contributed by atoms with Gasteiger partial charge in [-0.15, -0.1) is 11.3 Å². The summed E-state index contributed by atoms with van der Waals surface area (Å²) in [4.78, 5) is 8.21. The Hall–Kier alpha value is -0.640. The number of rotatable bonds is 2. The van der Waals surface area contributed by atoms with E-state index in [0.29, 0.717) is 5.15 Å². The van der Waals surface area contributed by atoms with E-state index in [9.17, 15) is 0 Å². The number of hydrogen-bond donors (Lipinski definition) is 0.